The van der Waals surface area contributed by atoms with E-state index in [2.05, 4.69) is 5.32 Å². The van der Waals surface area contributed by atoms with Crippen LogP contribution in [0.3, 0.4) is 0 Å². The molecular weight excluding hydrogens is 571 g/mol. The molecule has 7 N–H and O–H groups in total. The normalized spacial score (nSPS) is 33.1. The first kappa shape index (κ1) is 29.9. The summed E-state index contributed by atoms with van der Waals surface area (Å²) in [6, 6.07) is -0.0631. The van der Waals surface area contributed by atoms with Crippen LogP contribution in [0.2, 0.25) is 0 Å². The first-order valence-corrected chi connectivity index (χ1v) is 14.5. The Bertz CT molecular complexity index is 1500. The van der Waals surface area contributed by atoms with Gasteiger partial charge in [0.05, 0.1) is 17.2 Å². The van der Waals surface area contributed by atoms with Crippen LogP contribution in [0, 0.1) is 11.8 Å². The molecule has 2 saturated carbocycles. The number of ether oxygens (including phenoxy) is 1. The quantitative estimate of drug-likeness (QED) is 0.276. The summed E-state index contributed by atoms with van der Waals surface area (Å²) >= 11 is 0. The van der Waals surface area contributed by atoms with Gasteiger partial charge >= 0.3 is 6.18 Å². The van der Waals surface area contributed by atoms with Gasteiger partial charge in [-0.1, -0.05) is 19.3 Å². The molecule has 1 aliphatic heterocycles. The third-order valence-corrected chi connectivity index (χ3v) is 10.3. The number of likely N-dealkylation sites (N-methyl/N-ethyl adjacent to an activating group) is 1. The lowest BCUT2D eigenvalue weighted by Gasteiger charge is -2.46. The number of aliphatic hydroxyl groups excluding tert-OH is 2. The van der Waals surface area contributed by atoms with Crippen LogP contribution in [0.1, 0.15) is 67.7 Å². The van der Waals surface area contributed by atoms with Crippen molar-refractivity contribution >= 4 is 17.4 Å². The monoisotopic (exact) mass is 607 g/mol. The lowest BCUT2D eigenvalue weighted by molar-refractivity contribution is -0.139. The van der Waals surface area contributed by atoms with Gasteiger partial charge < -0.3 is 36.2 Å². The molecule has 5 aliphatic rings. The Hall–Kier alpha value is -3.13. The largest absolute Gasteiger partial charge is 0.510 e. The van der Waals surface area contributed by atoms with Crippen LogP contribution in [0.25, 0.3) is 5.76 Å². The molecule has 1 spiro atoms. The molecule has 1 aromatic rings. The number of rotatable bonds is 5. The summed E-state index contributed by atoms with van der Waals surface area (Å²) < 4.78 is 49.9. The van der Waals surface area contributed by atoms with Crippen LogP contribution in [0.4, 0.5) is 13.2 Å². The Morgan fingerprint density at radius 1 is 1.19 bits per heavy atom. The van der Waals surface area contributed by atoms with Crippen molar-refractivity contribution in [2.24, 2.45) is 17.6 Å². The number of nitrogens with zero attached hydrogens (tertiary/aromatic N) is 1. The number of amides is 1. The summed E-state index contributed by atoms with van der Waals surface area (Å²) in [5.41, 5.74) is 0.0526. The topological polar surface area (TPSA) is 169 Å². The summed E-state index contributed by atoms with van der Waals surface area (Å²) in [5, 5.41) is 48.0. The van der Waals surface area contributed by atoms with E-state index in [1.807, 2.05) is 6.92 Å². The van der Waals surface area contributed by atoms with E-state index in [-0.39, 0.29) is 41.6 Å². The Balaban J connectivity index is 1.47. The van der Waals surface area contributed by atoms with E-state index in [4.69, 9.17) is 10.5 Å². The zero-order chi connectivity index (χ0) is 31.4. The molecule has 1 heterocycles. The number of ketones is 1. The van der Waals surface area contributed by atoms with Gasteiger partial charge in [0.2, 0.25) is 11.6 Å². The molecule has 43 heavy (non-hydrogen) atoms. The minimum Gasteiger partial charge on any atom is -0.510 e. The molecule has 10 nitrogen and oxygen atoms in total. The number of aliphatic hydroxyl groups is 3. The molecule has 13 heteroatoms. The van der Waals surface area contributed by atoms with Crippen molar-refractivity contribution in [1.82, 2.24) is 10.2 Å². The van der Waals surface area contributed by atoms with E-state index < -0.39 is 81.1 Å². The van der Waals surface area contributed by atoms with E-state index in [0.29, 0.717) is 0 Å². The summed E-state index contributed by atoms with van der Waals surface area (Å²) in [6.45, 7) is 1.82. The maximum Gasteiger partial charge on any atom is 0.417 e. The van der Waals surface area contributed by atoms with Crippen LogP contribution >= 0.6 is 0 Å². The molecule has 0 aromatic heterocycles. The molecule has 0 bridgehead atoms. The van der Waals surface area contributed by atoms with Crippen LogP contribution < -0.4 is 11.1 Å². The number of Topliss-reactive ketones (excluding diaryl/α,β-unsaturated/α-hetero) is 1. The van der Waals surface area contributed by atoms with Crippen LogP contribution in [0.5, 0.6) is 5.75 Å². The predicted molar refractivity (Wildman–Crippen MR) is 146 cm³/mol. The van der Waals surface area contributed by atoms with Crippen LogP contribution in [0.15, 0.2) is 23.0 Å². The summed E-state index contributed by atoms with van der Waals surface area (Å²) in [5.74, 6) is -8.69. The van der Waals surface area contributed by atoms with Crippen molar-refractivity contribution in [2.75, 3.05) is 14.1 Å². The second-order valence-electron chi connectivity index (χ2n) is 13.1. The van der Waals surface area contributed by atoms with E-state index in [0.717, 1.165) is 38.2 Å². The number of carbonyl (C=O) groups is 2. The number of epoxide rings is 1. The lowest BCUT2D eigenvalue weighted by atomic mass is 9.58. The van der Waals surface area contributed by atoms with E-state index >= 15 is 0 Å². The number of hydrogen-bond donors (Lipinski definition) is 6. The second kappa shape index (κ2) is 9.43. The van der Waals surface area contributed by atoms with Gasteiger partial charge in [0.25, 0.3) is 5.91 Å². The smallest absolute Gasteiger partial charge is 0.417 e. The van der Waals surface area contributed by atoms with Gasteiger partial charge in [0.15, 0.2) is 5.60 Å². The molecule has 3 fully saturated rings. The van der Waals surface area contributed by atoms with E-state index in [9.17, 15) is 43.2 Å². The SMILES string of the molecule is CN(C)[C@@H]1C(O)=C(C(N)=O)C2(O)O[C@@]23C(=O)C2=C(O)c4c(O)cc(CNC5(C)CCCCC5)c(C(F)(F)F)c4C[C@H]2C[C@@H]13. The number of halogens is 3. The highest BCUT2D eigenvalue weighted by molar-refractivity contribution is 6.14. The molecule has 5 atom stereocenters. The van der Waals surface area contributed by atoms with Crippen LogP contribution in [-0.2, 0) is 33.5 Å². The number of phenolic OH excluding ortho intramolecular Hbond substituents is 1. The number of nitrogens with one attached hydrogen (secondary N) is 1. The number of carbonyl (C=O) groups excluding carboxylic acids is 2. The molecule has 0 radical (unpaired) electrons. The molecule has 6 rings (SSSR count). The van der Waals surface area contributed by atoms with Crippen molar-refractivity contribution in [2.45, 2.75) is 87.6 Å². The highest BCUT2D eigenvalue weighted by atomic mass is 19.4. The predicted octanol–water partition coefficient (Wildman–Crippen LogP) is 2.95. The number of nitrogens with two attached hydrogens (primary N) is 1. The number of hydrogen-bond acceptors (Lipinski definition) is 9. The molecule has 1 amide bonds. The van der Waals surface area contributed by atoms with Gasteiger partial charge in [0.1, 0.15) is 22.8 Å². The van der Waals surface area contributed by atoms with Gasteiger partial charge in [-0.3, -0.25) is 14.5 Å². The third-order valence-electron chi connectivity index (χ3n) is 10.3. The fourth-order valence-electron chi connectivity index (χ4n) is 8.31. The van der Waals surface area contributed by atoms with Crippen molar-refractivity contribution in [3.05, 3.63) is 45.2 Å². The summed E-state index contributed by atoms with van der Waals surface area (Å²) in [4.78, 5) is 27.9. The fraction of sp³-hybridized carbons (Fsp3) is 0.600. The van der Waals surface area contributed by atoms with E-state index in [1.165, 1.54) is 4.90 Å². The molecule has 234 valence electrons. The zero-order valence-corrected chi connectivity index (χ0v) is 24.1. The number of phenols is 1. The molecule has 1 aromatic carbocycles. The number of primary amides is 1. The number of aromatic hydroxyl groups is 1. The van der Waals surface area contributed by atoms with Crippen molar-refractivity contribution in [3.63, 3.8) is 0 Å². The van der Waals surface area contributed by atoms with Crippen molar-refractivity contribution in [1.29, 1.82) is 0 Å². The molecule has 1 unspecified atom stereocenters. The van der Waals surface area contributed by atoms with Gasteiger partial charge in [-0.05, 0) is 69.8 Å². The Labute approximate surface area is 246 Å². The number of benzene rings is 1. The second-order valence-corrected chi connectivity index (χ2v) is 13.1. The average molecular weight is 608 g/mol. The maximum atomic E-state index is 14.8. The highest BCUT2D eigenvalue weighted by Gasteiger charge is 2.86. The Morgan fingerprint density at radius 3 is 2.42 bits per heavy atom. The van der Waals surface area contributed by atoms with Gasteiger partial charge in [-0.25, -0.2) is 0 Å². The Morgan fingerprint density at radius 2 is 1.84 bits per heavy atom. The highest BCUT2D eigenvalue weighted by Crippen LogP contribution is 2.67. The Kier molecular flexibility index (Phi) is 6.56. The van der Waals surface area contributed by atoms with Crippen molar-refractivity contribution < 1.29 is 47.9 Å². The van der Waals surface area contributed by atoms with Gasteiger partial charge in [-0.2, -0.15) is 13.2 Å². The van der Waals surface area contributed by atoms with Gasteiger partial charge in [0, 0.05) is 23.6 Å². The average Bonchev–Trinajstić information content (AvgIpc) is 3.52. The minimum absolute atomic E-state index is 0.0789. The fourth-order valence-corrected chi connectivity index (χ4v) is 8.31. The minimum atomic E-state index is -4.84. The molecule has 1 saturated heterocycles. The number of alkyl halides is 3. The molecule has 4 aliphatic carbocycles. The first-order valence-electron chi connectivity index (χ1n) is 14.5. The number of fused-ring (bicyclic) bond motifs is 2. The summed E-state index contributed by atoms with van der Waals surface area (Å²) in [6.07, 6.45) is -0.648. The van der Waals surface area contributed by atoms with Gasteiger partial charge in [-0.15, -0.1) is 0 Å². The first-order chi connectivity index (χ1) is 20.0. The molecular formula is C30H36F3N3O7. The summed E-state index contributed by atoms with van der Waals surface area (Å²) in [7, 11) is 3.13. The third kappa shape index (κ3) is 4.08. The van der Waals surface area contributed by atoms with E-state index in [1.54, 1.807) is 14.1 Å². The lowest BCUT2D eigenvalue weighted by Crippen LogP contribution is -2.60. The van der Waals surface area contributed by atoms with Crippen LogP contribution in [-0.4, -0.2) is 74.1 Å². The zero-order valence-electron chi connectivity index (χ0n) is 24.1. The maximum absolute atomic E-state index is 14.8. The standard InChI is InChI=1S/C30H36F3N3O7/c1-27(7-5-4-6-8-27)35-12-14-11-17(37)19-15(20(14)30(31,32)33)9-13-10-16-22(36(2)3)24(39)21(26(34)41)29(42)28(16,43-29)25(40)18(13)23(19)38/h11,13,16,22,35,37-39,42H,4-10,12H2,1-3H3,(H2,34,41)/t13-,16-,22-,28-,29?/m0/s1. The van der Waals surface area contributed by atoms with Crippen molar-refractivity contribution in [3.8, 4) is 5.75 Å².